The van der Waals surface area contributed by atoms with Crippen LogP contribution in [0.15, 0.2) is 121 Å². The van der Waals surface area contributed by atoms with E-state index < -0.39 is 0 Å². The molecule has 0 bridgehead atoms. The number of nitrogens with one attached hydrogen (secondary N) is 2. The summed E-state index contributed by atoms with van der Waals surface area (Å²) < 4.78 is 0. The lowest BCUT2D eigenvalue weighted by Gasteiger charge is -2.33. The first-order valence-corrected chi connectivity index (χ1v) is 20.0. The number of rotatable bonds is 18. The molecule has 0 atom stereocenters. The minimum Gasteiger partial charge on any atom is -0.355 e. The molecule has 2 heteroatoms. The highest BCUT2D eigenvalue weighted by Gasteiger charge is 2.42. The molecule has 0 saturated heterocycles. The van der Waals surface area contributed by atoms with E-state index >= 15 is 0 Å². The quantitative estimate of drug-likeness (QED) is 0.0888. The van der Waals surface area contributed by atoms with Gasteiger partial charge in [-0.3, -0.25) is 0 Å². The maximum atomic E-state index is 3.87. The first-order chi connectivity index (χ1) is 25.2. The molecule has 0 aromatic heterocycles. The van der Waals surface area contributed by atoms with Crippen molar-refractivity contribution in [3.05, 3.63) is 132 Å². The number of benzene rings is 6. The Hall–Kier alpha value is -4.56. The van der Waals surface area contributed by atoms with Gasteiger partial charge in [0.25, 0.3) is 0 Å². The third-order valence-electron chi connectivity index (χ3n) is 11.4. The largest absolute Gasteiger partial charge is 0.355 e. The molecule has 262 valence electrons. The lowest BCUT2D eigenvalue weighted by Crippen LogP contribution is -2.26. The Morgan fingerprint density at radius 3 is 1.29 bits per heavy atom. The van der Waals surface area contributed by atoms with E-state index in [1.54, 1.807) is 0 Å². The van der Waals surface area contributed by atoms with Gasteiger partial charge in [0.2, 0.25) is 0 Å². The van der Waals surface area contributed by atoms with E-state index in [0.29, 0.717) is 0 Å². The summed E-state index contributed by atoms with van der Waals surface area (Å²) in [6.07, 6.45) is 18.2. The van der Waals surface area contributed by atoms with Crippen molar-refractivity contribution in [1.29, 1.82) is 0 Å². The zero-order valence-electron chi connectivity index (χ0n) is 30.9. The van der Waals surface area contributed by atoms with Crippen molar-refractivity contribution < 1.29 is 0 Å². The van der Waals surface area contributed by atoms with Gasteiger partial charge in [-0.05, 0) is 82.3 Å². The Bertz CT molecular complexity index is 1900. The van der Waals surface area contributed by atoms with Gasteiger partial charge in [-0.1, -0.05) is 176 Å². The summed E-state index contributed by atoms with van der Waals surface area (Å²) in [7, 11) is 0. The molecule has 7 rings (SSSR count). The summed E-state index contributed by atoms with van der Waals surface area (Å²) in [5.41, 5.74) is 10.6. The van der Waals surface area contributed by atoms with Crippen LogP contribution in [0.5, 0.6) is 0 Å². The van der Waals surface area contributed by atoms with Crippen LogP contribution in [0.25, 0.3) is 32.7 Å². The van der Waals surface area contributed by atoms with Gasteiger partial charge < -0.3 is 10.6 Å². The van der Waals surface area contributed by atoms with Gasteiger partial charge >= 0.3 is 0 Å². The molecule has 0 spiro atoms. The van der Waals surface area contributed by atoms with E-state index in [4.69, 9.17) is 0 Å². The average Bonchev–Trinajstić information content (AvgIpc) is 3.43. The molecule has 0 unspecified atom stereocenters. The molecule has 6 aromatic rings. The molecular formula is C49H56N2. The smallest absolute Gasteiger partial charge is 0.0463 e. The van der Waals surface area contributed by atoms with Crippen molar-refractivity contribution in [3.8, 4) is 11.1 Å². The Morgan fingerprint density at radius 1 is 0.412 bits per heavy atom. The number of anilines is 4. The molecule has 0 radical (unpaired) electrons. The highest BCUT2D eigenvalue weighted by atomic mass is 14.9. The maximum Gasteiger partial charge on any atom is 0.0463 e. The summed E-state index contributed by atoms with van der Waals surface area (Å²) in [5, 5.41) is 12.8. The zero-order valence-corrected chi connectivity index (χ0v) is 30.9. The van der Waals surface area contributed by atoms with E-state index in [1.807, 2.05) is 0 Å². The fourth-order valence-electron chi connectivity index (χ4n) is 8.71. The van der Waals surface area contributed by atoms with Crippen molar-refractivity contribution in [3.63, 3.8) is 0 Å². The van der Waals surface area contributed by atoms with Crippen LogP contribution in [0, 0.1) is 0 Å². The lowest BCUT2D eigenvalue weighted by atomic mass is 9.70. The molecular weight excluding hydrogens is 617 g/mol. The number of hydrogen-bond donors (Lipinski definition) is 2. The Kier molecular flexibility index (Phi) is 11.4. The van der Waals surface area contributed by atoms with Crippen LogP contribution in [0.3, 0.4) is 0 Å². The first-order valence-electron chi connectivity index (χ1n) is 20.0. The third kappa shape index (κ3) is 7.71. The van der Waals surface area contributed by atoms with Crippen molar-refractivity contribution >= 4 is 44.3 Å². The SMILES string of the molecule is CCCCCCCCC1(CCCCCCCC)c2cc(Nc3cccc4ccccc34)ccc2-c2ccc(Nc3cccc4ccccc34)cc21. The summed E-state index contributed by atoms with van der Waals surface area (Å²) in [6.45, 7) is 4.63. The van der Waals surface area contributed by atoms with E-state index in [2.05, 4.69) is 146 Å². The molecule has 0 aliphatic heterocycles. The molecule has 51 heavy (non-hydrogen) atoms. The molecule has 2 nitrogen and oxygen atoms in total. The standard InChI is InChI=1S/C49H56N2/c1-3-5-7-9-11-17-33-49(34-18-12-10-8-6-4-2)45-35-39(50-47-27-19-23-37-21-13-15-25-41(37)47)29-31-43(45)44-32-30-40(36-46(44)49)51-48-28-20-24-38-22-14-16-26-42(38)48/h13-16,19-32,35-36,50-51H,3-12,17-18,33-34H2,1-2H3. The van der Waals surface area contributed by atoms with Crippen LogP contribution < -0.4 is 10.6 Å². The van der Waals surface area contributed by atoms with Crippen LogP contribution in [-0.4, -0.2) is 0 Å². The fraction of sp³-hybridized carbons (Fsp3) is 0.347. The summed E-state index contributed by atoms with van der Waals surface area (Å²) in [6, 6.07) is 45.0. The first kappa shape index (κ1) is 34.9. The van der Waals surface area contributed by atoms with Crippen molar-refractivity contribution in [2.75, 3.05) is 10.6 Å². The molecule has 0 amide bonds. The molecule has 1 aliphatic carbocycles. The maximum absolute atomic E-state index is 3.87. The zero-order chi connectivity index (χ0) is 34.9. The van der Waals surface area contributed by atoms with Gasteiger partial charge in [0.1, 0.15) is 0 Å². The Morgan fingerprint density at radius 2 is 0.824 bits per heavy atom. The minimum absolute atomic E-state index is 0.00687. The van der Waals surface area contributed by atoms with Crippen LogP contribution in [0.4, 0.5) is 22.7 Å². The molecule has 2 N–H and O–H groups in total. The molecule has 0 saturated carbocycles. The minimum atomic E-state index is -0.00687. The summed E-state index contributed by atoms with van der Waals surface area (Å²) in [5.74, 6) is 0. The second kappa shape index (κ2) is 16.6. The van der Waals surface area contributed by atoms with E-state index in [1.165, 1.54) is 156 Å². The highest BCUT2D eigenvalue weighted by molar-refractivity contribution is 5.97. The van der Waals surface area contributed by atoms with E-state index in [0.717, 1.165) is 0 Å². The van der Waals surface area contributed by atoms with Crippen LogP contribution in [0.2, 0.25) is 0 Å². The van der Waals surface area contributed by atoms with Crippen LogP contribution >= 0.6 is 0 Å². The topological polar surface area (TPSA) is 24.1 Å². The van der Waals surface area contributed by atoms with Crippen molar-refractivity contribution in [1.82, 2.24) is 0 Å². The normalized spacial score (nSPS) is 13.0. The van der Waals surface area contributed by atoms with E-state index in [9.17, 15) is 0 Å². The van der Waals surface area contributed by atoms with Crippen molar-refractivity contribution in [2.24, 2.45) is 0 Å². The molecule has 6 aromatic carbocycles. The summed E-state index contributed by atoms with van der Waals surface area (Å²) in [4.78, 5) is 0. The van der Waals surface area contributed by atoms with Gasteiger partial charge in [0.15, 0.2) is 0 Å². The number of fused-ring (bicyclic) bond motifs is 5. The van der Waals surface area contributed by atoms with Crippen molar-refractivity contribution in [2.45, 2.75) is 109 Å². The van der Waals surface area contributed by atoms with Gasteiger partial charge in [-0.15, -0.1) is 0 Å². The fourth-order valence-corrected chi connectivity index (χ4v) is 8.71. The van der Waals surface area contributed by atoms with Gasteiger partial charge in [-0.2, -0.15) is 0 Å². The van der Waals surface area contributed by atoms with E-state index in [-0.39, 0.29) is 5.41 Å². The molecule has 0 heterocycles. The molecule has 1 aliphatic rings. The second-order valence-electron chi connectivity index (χ2n) is 14.9. The highest BCUT2D eigenvalue weighted by Crippen LogP contribution is 2.56. The van der Waals surface area contributed by atoms with Crippen LogP contribution in [0.1, 0.15) is 115 Å². The second-order valence-corrected chi connectivity index (χ2v) is 14.9. The summed E-state index contributed by atoms with van der Waals surface area (Å²) >= 11 is 0. The predicted molar refractivity (Wildman–Crippen MR) is 223 cm³/mol. The Labute approximate surface area is 306 Å². The number of hydrogen-bond acceptors (Lipinski definition) is 2. The molecule has 0 fully saturated rings. The lowest BCUT2D eigenvalue weighted by molar-refractivity contribution is 0.398. The Balaban J connectivity index is 1.27. The van der Waals surface area contributed by atoms with Gasteiger partial charge in [0.05, 0.1) is 0 Å². The van der Waals surface area contributed by atoms with Gasteiger partial charge in [-0.25, -0.2) is 0 Å². The average molecular weight is 673 g/mol. The third-order valence-corrected chi connectivity index (χ3v) is 11.4. The van der Waals surface area contributed by atoms with Gasteiger partial charge in [0, 0.05) is 38.9 Å². The number of unbranched alkanes of at least 4 members (excludes halogenated alkanes) is 10. The predicted octanol–water partition coefficient (Wildman–Crippen LogP) is 15.2. The van der Waals surface area contributed by atoms with Crippen LogP contribution in [-0.2, 0) is 5.41 Å². The monoisotopic (exact) mass is 672 g/mol.